The number of hydrogen-bond acceptors (Lipinski definition) is 2. The molecule has 1 rings (SSSR count). The summed E-state index contributed by atoms with van der Waals surface area (Å²) in [4.78, 5) is 0. The fraction of sp³-hybridized carbons (Fsp3) is 1.00. The summed E-state index contributed by atoms with van der Waals surface area (Å²) in [6.45, 7) is 2.17. The van der Waals surface area contributed by atoms with Gasteiger partial charge in [0.25, 0.3) is 0 Å². The SMILES string of the molecule is CC[PH]1(CS(C)(=O)=O)CCCC1. The maximum atomic E-state index is 11.2. The van der Waals surface area contributed by atoms with Gasteiger partial charge >= 0.3 is 75.5 Å². The maximum absolute atomic E-state index is 11.2. The Morgan fingerprint density at radius 3 is 2.08 bits per heavy atom. The van der Waals surface area contributed by atoms with Crippen LogP contribution in [-0.4, -0.2) is 38.7 Å². The molecule has 1 fully saturated rings. The van der Waals surface area contributed by atoms with E-state index >= 15 is 0 Å². The van der Waals surface area contributed by atoms with Crippen LogP contribution in [-0.2, 0) is 9.84 Å². The molecule has 0 aromatic rings. The standard InChI is InChI=1S/C8H19O2PS/c1-3-11(6-4-5-7-11)8-12(2,9)10/h11H,3-8H2,1-2H3. The molecule has 0 spiro atoms. The first kappa shape index (κ1) is 10.5. The third-order valence-corrected chi connectivity index (χ3v) is 11.9. The van der Waals surface area contributed by atoms with Gasteiger partial charge in [-0.15, -0.1) is 0 Å². The molecule has 0 atom stereocenters. The van der Waals surface area contributed by atoms with Crippen molar-refractivity contribution in [2.75, 3.05) is 30.2 Å². The molecule has 0 bridgehead atoms. The second kappa shape index (κ2) is 3.63. The molecule has 0 aliphatic carbocycles. The molecule has 74 valence electrons. The van der Waals surface area contributed by atoms with Gasteiger partial charge in [-0.25, -0.2) is 0 Å². The van der Waals surface area contributed by atoms with Crippen molar-refractivity contribution >= 4 is 17.1 Å². The van der Waals surface area contributed by atoms with Crippen molar-refractivity contribution < 1.29 is 8.42 Å². The van der Waals surface area contributed by atoms with Crippen LogP contribution in [0.25, 0.3) is 0 Å². The molecule has 4 heteroatoms. The van der Waals surface area contributed by atoms with Crippen molar-refractivity contribution in [1.29, 1.82) is 0 Å². The van der Waals surface area contributed by atoms with Crippen molar-refractivity contribution in [2.45, 2.75) is 19.8 Å². The molecule has 1 aliphatic rings. The third-order valence-electron chi connectivity index (χ3n) is 2.98. The molecule has 0 saturated carbocycles. The van der Waals surface area contributed by atoms with Gasteiger partial charge in [-0.05, 0) is 0 Å². The van der Waals surface area contributed by atoms with E-state index in [-0.39, 0.29) is 0 Å². The second-order valence-electron chi connectivity index (χ2n) is 4.13. The van der Waals surface area contributed by atoms with Gasteiger partial charge in [-0.2, -0.15) is 0 Å². The quantitative estimate of drug-likeness (QED) is 0.662. The molecule has 0 aromatic carbocycles. The van der Waals surface area contributed by atoms with Gasteiger partial charge in [-0.3, -0.25) is 0 Å². The first-order chi connectivity index (χ1) is 5.47. The zero-order chi connectivity index (χ0) is 9.24. The molecule has 0 amide bonds. The van der Waals surface area contributed by atoms with E-state index in [1.807, 2.05) is 0 Å². The normalized spacial score (nSPS) is 25.5. The van der Waals surface area contributed by atoms with Crippen LogP contribution in [0.4, 0.5) is 0 Å². The summed E-state index contributed by atoms with van der Waals surface area (Å²) in [6, 6.07) is 0. The Balaban J connectivity index is 2.68. The second-order valence-corrected chi connectivity index (χ2v) is 11.8. The molecule has 2 nitrogen and oxygen atoms in total. The van der Waals surface area contributed by atoms with Gasteiger partial charge in [0.05, 0.1) is 0 Å². The first-order valence-electron chi connectivity index (χ1n) is 4.65. The molecule has 12 heavy (non-hydrogen) atoms. The Labute approximate surface area is 76.0 Å². The molecule has 0 N–H and O–H groups in total. The predicted octanol–water partition coefficient (Wildman–Crippen LogP) is 1.55. The van der Waals surface area contributed by atoms with Crippen LogP contribution in [0.1, 0.15) is 19.8 Å². The summed E-state index contributed by atoms with van der Waals surface area (Å²) in [6.07, 6.45) is 7.58. The summed E-state index contributed by atoms with van der Waals surface area (Å²) < 4.78 is 22.4. The van der Waals surface area contributed by atoms with E-state index in [0.29, 0.717) is 5.49 Å². The monoisotopic (exact) mass is 210 g/mol. The van der Waals surface area contributed by atoms with Crippen molar-refractivity contribution in [3.05, 3.63) is 0 Å². The average molecular weight is 210 g/mol. The van der Waals surface area contributed by atoms with E-state index in [4.69, 9.17) is 0 Å². The minimum atomic E-state index is -2.72. The van der Waals surface area contributed by atoms with Crippen molar-refractivity contribution in [3.63, 3.8) is 0 Å². The fourth-order valence-electron chi connectivity index (χ4n) is 2.28. The number of rotatable bonds is 3. The van der Waals surface area contributed by atoms with Crippen LogP contribution in [0.15, 0.2) is 0 Å². The number of sulfone groups is 1. The summed E-state index contributed by atoms with van der Waals surface area (Å²) in [5, 5.41) is 0. The predicted molar refractivity (Wildman–Crippen MR) is 57.5 cm³/mol. The third kappa shape index (κ3) is 2.70. The van der Waals surface area contributed by atoms with Crippen LogP contribution in [0, 0.1) is 0 Å². The Hall–Kier alpha value is 0.380. The molecule has 1 saturated heterocycles. The summed E-state index contributed by atoms with van der Waals surface area (Å²) in [7, 11) is -4.05. The van der Waals surface area contributed by atoms with Crippen LogP contribution in [0.3, 0.4) is 0 Å². The topological polar surface area (TPSA) is 34.1 Å². The summed E-state index contributed by atoms with van der Waals surface area (Å²) in [5.41, 5.74) is 0.538. The van der Waals surface area contributed by atoms with E-state index in [1.165, 1.54) is 31.4 Å². The van der Waals surface area contributed by atoms with E-state index < -0.39 is 17.1 Å². The summed E-state index contributed by atoms with van der Waals surface area (Å²) in [5.74, 6) is 0. The first-order valence-corrected chi connectivity index (χ1v) is 9.54. The minimum absolute atomic E-state index is 0.538. The van der Waals surface area contributed by atoms with Crippen molar-refractivity contribution in [2.24, 2.45) is 0 Å². The molecule has 1 aliphatic heterocycles. The van der Waals surface area contributed by atoms with E-state index in [2.05, 4.69) is 6.92 Å². The molecule has 1 heterocycles. The van der Waals surface area contributed by atoms with Crippen LogP contribution < -0.4 is 0 Å². The van der Waals surface area contributed by atoms with Gasteiger partial charge in [0.15, 0.2) is 0 Å². The van der Waals surface area contributed by atoms with Crippen LogP contribution in [0.2, 0.25) is 0 Å². The van der Waals surface area contributed by atoms with E-state index in [0.717, 1.165) is 6.16 Å². The van der Waals surface area contributed by atoms with Gasteiger partial charge < -0.3 is 0 Å². The van der Waals surface area contributed by atoms with Gasteiger partial charge in [0, 0.05) is 0 Å². The van der Waals surface area contributed by atoms with Crippen molar-refractivity contribution in [1.82, 2.24) is 0 Å². The van der Waals surface area contributed by atoms with Gasteiger partial charge in [0.2, 0.25) is 0 Å². The Morgan fingerprint density at radius 1 is 1.25 bits per heavy atom. The summed E-state index contributed by atoms with van der Waals surface area (Å²) >= 11 is 0. The zero-order valence-corrected chi connectivity index (χ0v) is 9.78. The average Bonchev–Trinajstić information content (AvgIpc) is 2.34. The zero-order valence-electron chi connectivity index (χ0n) is 7.97. The van der Waals surface area contributed by atoms with Crippen LogP contribution >= 0.6 is 7.26 Å². The van der Waals surface area contributed by atoms with Gasteiger partial charge in [0.1, 0.15) is 0 Å². The van der Waals surface area contributed by atoms with E-state index in [1.54, 1.807) is 0 Å². The van der Waals surface area contributed by atoms with Crippen LogP contribution in [0.5, 0.6) is 0 Å². The molecule has 0 unspecified atom stereocenters. The molecular weight excluding hydrogens is 191 g/mol. The Bertz CT molecular complexity index is 240. The molecule has 0 radical (unpaired) electrons. The van der Waals surface area contributed by atoms with E-state index in [9.17, 15) is 8.42 Å². The van der Waals surface area contributed by atoms with Gasteiger partial charge in [-0.1, -0.05) is 0 Å². The molecular formula is C8H19O2PS. The molecule has 0 aromatic heterocycles. The Kier molecular flexibility index (Phi) is 3.16. The Morgan fingerprint density at radius 2 is 1.75 bits per heavy atom. The fourth-order valence-corrected chi connectivity index (χ4v) is 11.7. The van der Waals surface area contributed by atoms with Crippen molar-refractivity contribution in [3.8, 4) is 0 Å². The number of hydrogen-bond donors (Lipinski definition) is 0.